The van der Waals surface area contributed by atoms with Crippen molar-refractivity contribution >= 4 is 17.3 Å². The first-order valence-corrected chi connectivity index (χ1v) is 10.7. The Bertz CT molecular complexity index is 985. The number of nitrogens with zero attached hydrogens (tertiary/aromatic N) is 5. The fourth-order valence-corrected chi connectivity index (χ4v) is 4.49. The molecule has 3 aromatic heterocycles. The summed E-state index contributed by atoms with van der Waals surface area (Å²) in [7, 11) is 4.21. The number of nitrogens with one attached hydrogen (secondary N) is 1. The molecule has 2 atom stereocenters. The molecule has 4 rings (SSSR count). The van der Waals surface area contributed by atoms with Gasteiger partial charge in [-0.1, -0.05) is 6.07 Å². The van der Waals surface area contributed by atoms with E-state index in [9.17, 15) is 0 Å². The zero-order valence-electron chi connectivity index (χ0n) is 17.7. The molecule has 1 N–H and O–H groups in total. The highest BCUT2D eigenvalue weighted by atomic mass is 32.1. The Kier molecular flexibility index (Phi) is 6.11. The molecule has 1 aliphatic heterocycles. The number of hydrogen-bond donors (Lipinski definition) is 1. The second-order valence-corrected chi connectivity index (χ2v) is 8.31. The Morgan fingerprint density at radius 1 is 1.10 bits per heavy atom. The first kappa shape index (κ1) is 20.5. The van der Waals surface area contributed by atoms with Gasteiger partial charge in [-0.05, 0) is 82.6 Å². The molecule has 0 radical (unpaired) electrons. The quantitative estimate of drug-likeness (QED) is 0.591. The van der Waals surface area contributed by atoms with Crippen molar-refractivity contribution in [3.63, 3.8) is 0 Å². The minimum absolute atomic E-state index is 0.0113. The molecule has 7 heteroatoms. The molecule has 2 unspecified atom stereocenters. The lowest BCUT2D eigenvalue weighted by Crippen LogP contribution is -2.33. The average Bonchev–Trinajstić information content (AvgIpc) is 3.29. The first-order valence-electron chi connectivity index (χ1n) is 10.3. The third kappa shape index (κ3) is 4.08. The Labute approximate surface area is 183 Å². The normalized spacial score (nSPS) is 18.8. The summed E-state index contributed by atoms with van der Waals surface area (Å²) in [5, 5.41) is 4.33. The van der Waals surface area contributed by atoms with Crippen LogP contribution in [0.3, 0.4) is 0 Å². The predicted molar refractivity (Wildman–Crippen MR) is 124 cm³/mol. The molecule has 0 bridgehead atoms. The van der Waals surface area contributed by atoms with Gasteiger partial charge in [-0.15, -0.1) is 0 Å². The van der Waals surface area contributed by atoms with Crippen molar-refractivity contribution in [3.05, 3.63) is 78.1 Å². The highest BCUT2D eigenvalue weighted by molar-refractivity contribution is 7.80. The molecule has 1 aliphatic rings. The van der Waals surface area contributed by atoms with Crippen LogP contribution in [-0.4, -0.2) is 56.6 Å². The van der Waals surface area contributed by atoms with Gasteiger partial charge < -0.3 is 19.7 Å². The van der Waals surface area contributed by atoms with Crippen molar-refractivity contribution in [1.82, 2.24) is 29.7 Å². The fraction of sp³-hybridized carbons (Fsp3) is 0.348. The molecule has 0 aliphatic carbocycles. The van der Waals surface area contributed by atoms with Gasteiger partial charge in [0.15, 0.2) is 5.11 Å². The van der Waals surface area contributed by atoms with Gasteiger partial charge in [-0.25, -0.2) is 0 Å². The largest absolute Gasteiger partial charge is 0.352 e. The van der Waals surface area contributed by atoms with Crippen LogP contribution in [0.5, 0.6) is 0 Å². The van der Waals surface area contributed by atoms with E-state index in [-0.39, 0.29) is 12.1 Å². The SMILES string of the molecule is Cc1ccc(C2C(c3ccccn3)NC(=S)N2CCCN(C)C)n1-c1cccnc1. The van der Waals surface area contributed by atoms with E-state index >= 15 is 0 Å². The second kappa shape index (κ2) is 8.93. The molecule has 4 heterocycles. The lowest BCUT2D eigenvalue weighted by molar-refractivity contribution is 0.286. The molecule has 1 fully saturated rings. The molecule has 156 valence electrons. The Morgan fingerprint density at radius 2 is 1.97 bits per heavy atom. The Hall–Kier alpha value is -2.77. The van der Waals surface area contributed by atoms with E-state index in [1.807, 2.05) is 30.6 Å². The summed E-state index contributed by atoms with van der Waals surface area (Å²) in [5.41, 5.74) is 4.41. The molecule has 0 amide bonds. The van der Waals surface area contributed by atoms with Crippen LogP contribution >= 0.6 is 12.2 Å². The minimum Gasteiger partial charge on any atom is -0.352 e. The molecule has 3 aromatic rings. The van der Waals surface area contributed by atoms with Gasteiger partial charge in [0.1, 0.15) is 0 Å². The van der Waals surface area contributed by atoms with E-state index in [1.165, 1.54) is 11.4 Å². The van der Waals surface area contributed by atoms with Gasteiger partial charge in [0.05, 0.1) is 29.7 Å². The lowest BCUT2D eigenvalue weighted by Gasteiger charge is -2.29. The zero-order chi connectivity index (χ0) is 21.1. The third-order valence-corrected chi connectivity index (χ3v) is 5.87. The standard InChI is InChI=1S/C23H28N6S/c1-17-10-11-20(29(17)18-8-6-12-24-16-18)22-21(19-9-4-5-13-25-19)26-23(30)28(22)15-7-14-27(2)3/h4-6,8-13,16,21-22H,7,14-15H2,1-3H3,(H,26,30). The first-order chi connectivity index (χ1) is 14.6. The number of hydrogen-bond acceptors (Lipinski definition) is 4. The zero-order valence-corrected chi connectivity index (χ0v) is 18.5. The van der Waals surface area contributed by atoms with E-state index in [1.54, 1.807) is 6.20 Å². The lowest BCUT2D eigenvalue weighted by atomic mass is 10.0. The topological polar surface area (TPSA) is 49.2 Å². The van der Waals surface area contributed by atoms with Gasteiger partial charge in [0.25, 0.3) is 0 Å². The summed E-state index contributed by atoms with van der Waals surface area (Å²) < 4.78 is 2.28. The van der Waals surface area contributed by atoms with Gasteiger partial charge in [0, 0.05) is 30.3 Å². The third-order valence-electron chi connectivity index (χ3n) is 5.52. The minimum atomic E-state index is -0.0113. The summed E-state index contributed by atoms with van der Waals surface area (Å²) in [6.07, 6.45) is 6.59. The van der Waals surface area contributed by atoms with Crippen LogP contribution in [0, 0.1) is 6.92 Å². The summed E-state index contributed by atoms with van der Waals surface area (Å²) >= 11 is 5.79. The number of aryl methyl sites for hydroxylation is 1. The molecular formula is C23H28N6S. The molecule has 6 nitrogen and oxygen atoms in total. The van der Waals surface area contributed by atoms with Crippen molar-refractivity contribution in [2.45, 2.75) is 25.4 Å². The molecular weight excluding hydrogens is 392 g/mol. The molecule has 0 aromatic carbocycles. The van der Waals surface area contributed by atoms with Crippen molar-refractivity contribution < 1.29 is 0 Å². The number of rotatable bonds is 7. The highest BCUT2D eigenvalue weighted by Crippen LogP contribution is 2.40. The summed E-state index contributed by atoms with van der Waals surface area (Å²) in [6, 6.07) is 14.5. The predicted octanol–water partition coefficient (Wildman–Crippen LogP) is 3.50. The van der Waals surface area contributed by atoms with Crippen molar-refractivity contribution in [2.75, 3.05) is 27.2 Å². The summed E-state index contributed by atoms with van der Waals surface area (Å²) in [6.45, 7) is 4.03. The van der Waals surface area contributed by atoms with Crippen LogP contribution in [0.2, 0.25) is 0 Å². The smallest absolute Gasteiger partial charge is 0.170 e. The molecule has 0 saturated carbocycles. The van der Waals surface area contributed by atoms with E-state index in [0.717, 1.165) is 36.0 Å². The van der Waals surface area contributed by atoms with Crippen molar-refractivity contribution in [3.8, 4) is 5.69 Å². The van der Waals surface area contributed by atoms with Gasteiger partial charge >= 0.3 is 0 Å². The van der Waals surface area contributed by atoms with Crippen LogP contribution in [0.25, 0.3) is 5.69 Å². The molecule has 30 heavy (non-hydrogen) atoms. The van der Waals surface area contributed by atoms with Crippen LogP contribution in [-0.2, 0) is 0 Å². The van der Waals surface area contributed by atoms with Crippen molar-refractivity contribution in [1.29, 1.82) is 0 Å². The van der Waals surface area contributed by atoms with Gasteiger partial charge in [0.2, 0.25) is 0 Å². The maximum atomic E-state index is 5.79. The van der Waals surface area contributed by atoms with Crippen molar-refractivity contribution in [2.24, 2.45) is 0 Å². The summed E-state index contributed by atoms with van der Waals surface area (Å²) in [5.74, 6) is 0. The molecule has 0 spiro atoms. The van der Waals surface area contributed by atoms with Crippen LogP contribution < -0.4 is 5.32 Å². The number of thiocarbonyl (C=S) groups is 1. The number of pyridine rings is 2. The monoisotopic (exact) mass is 420 g/mol. The van der Waals surface area contributed by atoms with Crippen LogP contribution in [0.1, 0.15) is 35.6 Å². The van der Waals surface area contributed by atoms with E-state index in [4.69, 9.17) is 12.2 Å². The van der Waals surface area contributed by atoms with Crippen LogP contribution in [0.15, 0.2) is 61.1 Å². The summed E-state index contributed by atoms with van der Waals surface area (Å²) in [4.78, 5) is 13.5. The average molecular weight is 421 g/mol. The Morgan fingerprint density at radius 3 is 2.67 bits per heavy atom. The highest BCUT2D eigenvalue weighted by Gasteiger charge is 2.41. The maximum Gasteiger partial charge on any atom is 0.170 e. The Balaban J connectivity index is 1.77. The maximum absolute atomic E-state index is 5.79. The van der Waals surface area contributed by atoms with E-state index < -0.39 is 0 Å². The van der Waals surface area contributed by atoms with E-state index in [2.05, 4.69) is 74.9 Å². The van der Waals surface area contributed by atoms with E-state index in [0.29, 0.717) is 0 Å². The fourth-order valence-electron chi connectivity index (χ4n) is 4.15. The number of aromatic nitrogens is 3. The van der Waals surface area contributed by atoms with Gasteiger partial charge in [-0.3, -0.25) is 9.97 Å². The van der Waals surface area contributed by atoms with Crippen LogP contribution in [0.4, 0.5) is 0 Å². The van der Waals surface area contributed by atoms with Gasteiger partial charge in [-0.2, -0.15) is 0 Å². The molecule has 1 saturated heterocycles. The second-order valence-electron chi connectivity index (χ2n) is 7.92.